The maximum atomic E-state index is 13.3. The van der Waals surface area contributed by atoms with E-state index in [9.17, 15) is 13.2 Å². The van der Waals surface area contributed by atoms with E-state index in [-0.39, 0.29) is 12.0 Å². The van der Waals surface area contributed by atoms with Crippen LogP contribution in [0.25, 0.3) is 0 Å². The van der Waals surface area contributed by atoms with Crippen LogP contribution >= 0.6 is 0 Å². The summed E-state index contributed by atoms with van der Waals surface area (Å²) in [6.45, 7) is 1.51. The molecule has 4 rings (SSSR count). The van der Waals surface area contributed by atoms with Gasteiger partial charge in [0, 0.05) is 23.7 Å². The van der Waals surface area contributed by atoms with E-state index in [1.807, 2.05) is 0 Å². The Morgan fingerprint density at radius 3 is 2.75 bits per heavy atom. The predicted molar refractivity (Wildman–Crippen MR) is 106 cm³/mol. The van der Waals surface area contributed by atoms with Crippen molar-refractivity contribution in [2.75, 3.05) is 18.4 Å². The molecule has 5 atom stereocenters. The lowest BCUT2D eigenvalue weighted by molar-refractivity contribution is -0.137. The molecule has 1 fully saturated rings. The number of halogens is 3. The first-order chi connectivity index (χ1) is 13.5. The Morgan fingerprint density at radius 1 is 1.18 bits per heavy atom. The van der Waals surface area contributed by atoms with Crippen LogP contribution in [0.15, 0.2) is 42.5 Å². The molecule has 6 heteroatoms. The van der Waals surface area contributed by atoms with Crippen LogP contribution in [-0.2, 0) is 6.18 Å². The van der Waals surface area contributed by atoms with Gasteiger partial charge in [-0.3, -0.25) is 0 Å². The number of anilines is 1. The zero-order chi connectivity index (χ0) is 19.7. The normalized spacial score (nSPS) is 31.4. The fraction of sp³-hybridized carbons (Fsp3) is 0.545. The van der Waals surface area contributed by atoms with Crippen molar-refractivity contribution in [1.29, 1.82) is 0 Å². The highest BCUT2D eigenvalue weighted by Crippen LogP contribution is 2.51. The number of hydrogen-bond donors (Lipinski definition) is 3. The smallest absolute Gasteiger partial charge is 0.381 e. The summed E-state index contributed by atoms with van der Waals surface area (Å²) in [6.07, 6.45) is 8.00. The second-order valence-corrected chi connectivity index (χ2v) is 8.22. The summed E-state index contributed by atoms with van der Waals surface area (Å²) >= 11 is 0. The van der Waals surface area contributed by atoms with Gasteiger partial charge in [-0.25, -0.2) is 0 Å². The maximum absolute atomic E-state index is 13.3. The van der Waals surface area contributed by atoms with E-state index in [0.29, 0.717) is 24.4 Å². The number of rotatable bonds is 5. The number of allylic oxidation sites excluding steroid dienone is 3. The molecule has 0 spiro atoms. The van der Waals surface area contributed by atoms with Crippen LogP contribution in [-0.4, -0.2) is 25.2 Å². The van der Waals surface area contributed by atoms with Crippen LogP contribution in [0.2, 0.25) is 0 Å². The summed E-state index contributed by atoms with van der Waals surface area (Å²) in [6, 6.07) is 4.77. The summed E-state index contributed by atoms with van der Waals surface area (Å²) in [4.78, 5) is 0. The minimum Gasteiger partial charge on any atom is -0.381 e. The number of benzene rings is 1. The highest BCUT2D eigenvalue weighted by Gasteiger charge is 2.46. The van der Waals surface area contributed by atoms with E-state index in [1.54, 1.807) is 6.07 Å². The average Bonchev–Trinajstić information content (AvgIpc) is 3.11. The summed E-state index contributed by atoms with van der Waals surface area (Å²) in [5.74, 6) is 0.849. The topological polar surface area (TPSA) is 50.1 Å². The van der Waals surface area contributed by atoms with Crippen molar-refractivity contribution in [3.63, 3.8) is 0 Å². The van der Waals surface area contributed by atoms with Crippen molar-refractivity contribution in [2.45, 2.75) is 49.9 Å². The molecule has 2 aliphatic carbocycles. The highest BCUT2D eigenvalue weighted by molar-refractivity contribution is 5.59. The molecular weight excluding hydrogens is 363 g/mol. The minimum absolute atomic E-state index is 0.151. The van der Waals surface area contributed by atoms with E-state index in [0.717, 1.165) is 43.5 Å². The third-order valence-electron chi connectivity index (χ3n) is 6.46. The number of nitrogens with two attached hydrogens (primary N) is 1. The zero-order valence-corrected chi connectivity index (χ0v) is 15.9. The van der Waals surface area contributed by atoms with Gasteiger partial charge in [0.05, 0.1) is 5.56 Å². The summed E-state index contributed by atoms with van der Waals surface area (Å²) in [5, 5.41) is 7.18. The molecule has 1 aromatic carbocycles. The van der Waals surface area contributed by atoms with Crippen LogP contribution in [0.3, 0.4) is 0 Å². The summed E-state index contributed by atoms with van der Waals surface area (Å²) < 4.78 is 39.9. The van der Waals surface area contributed by atoms with Crippen molar-refractivity contribution in [3.05, 3.63) is 53.6 Å². The van der Waals surface area contributed by atoms with Crippen molar-refractivity contribution >= 4 is 5.69 Å². The molecule has 3 aliphatic rings. The SMILES string of the molecule is NCCCN[C@@H]1C[C@@H]2[C@H](C1)c1cc(C(F)(F)F)ccc1N[C@H]2C1C=CC=CC1. The van der Waals surface area contributed by atoms with Crippen LogP contribution in [0.4, 0.5) is 18.9 Å². The predicted octanol–water partition coefficient (Wildman–Crippen LogP) is 4.43. The first-order valence-electron chi connectivity index (χ1n) is 10.2. The van der Waals surface area contributed by atoms with Crippen LogP contribution in [0, 0.1) is 11.8 Å². The molecule has 1 heterocycles. The molecule has 1 saturated carbocycles. The third kappa shape index (κ3) is 3.85. The van der Waals surface area contributed by atoms with Gasteiger partial charge in [-0.15, -0.1) is 0 Å². The Balaban J connectivity index is 1.63. The zero-order valence-electron chi connectivity index (χ0n) is 15.9. The standard InChI is InChI=1S/C22H28F3N3/c23-22(24,25)15-7-8-20-18(11-15)17-12-16(27-10-4-9-26)13-19(17)21(28-20)14-5-2-1-3-6-14/h1-3,5,7-8,11,14,16-17,19,21,27-28H,4,6,9-10,12-13,26H2/t14?,16-,17+,19+,21-/m0/s1. The quantitative estimate of drug-likeness (QED) is 0.651. The fourth-order valence-electron chi connectivity index (χ4n) is 5.15. The Morgan fingerprint density at radius 2 is 2.04 bits per heavy atom. The van der Waals surface area contributed by atoms with Gasteiger partial charge < -0.3 is 16.4 Å². The second-order valence-electron chi connectivity index (χ2n) is 8.22. The number of alkyl halides is 3. The number of nitrogens with one attached hydrogen (secondary N) is 2. The first kappa shape index (κ1) is 19.5. The molecule has 0 aromatic heterocycles. The van der Waals surface area contributed by atoms with Gasteiger partial charge in [0.2, 0.25) is 0 Å². The first-order valence-corrected chi connectivity index (χ1v) is 10.2. The number of fused-ring (bicyclic) bond motifs is 3. The Kier molecular flexibility index (Phi) is 5.52. The van der Waals surface area contributed by atoms with E-state index in [1.165, 1.54) is 12.1 Å². The number of hydrogen-bond acceptors (Lipinski definition) is 3. The minimum atomic E-state index is -4.31. The molecular formula is C22H28F3N3. The van der Waals surface area contributed by atoms with Crippen LogP contribution < -0.4 is 16.4 Å². The maximum Gasteiger partial charge on any atom is 0.416 e. The van der Waals surface area contributed by atoms with Gasteiger partial charge >= 0.3 is 6.18 Å². The Hall–Kier alpha value is -1.79. The van der Waals surface area contributed by atoms with Crippen LogP contribution in [0.1, 0.15) is 42.7 Å². The monoisotopic (exact) mass is 391 g/mol. The van der Waals surface area contributed by atoms with E-state index < -0.39 is 11.7 Å². The van der Waals surface area contributed by atoms with Gasteiger partial charge in [-0.05, 0) is 74.4 Å². The molecule has 3 nitrogen and oxygen atoms in total. The molecule has 28 heavy (non-hydrogen) atoms. The third-order valence-corrected chi connectivity index (χ3v) is 6.46. The Bertz CT molecular complexity index is 756. The van der Waals surface area contributed by atoms with Gasteiger partial charge in [0.25, 0.3) is 0 Å². The van der Waals surface area contributed by atoms with Crippen molar-refractivity contribution in [1.82, 2.24) is 5.32 Å². The molecule has 1 aliphatic heterocycles. The van der Waals surface area contributed by atoms with Crippen molar-refractivity contribution < 1.29 is 13.2 Å². The molecule has 1 unspecified atom stereocenters. The fourth-order valence-corrected chi connectivity index (χ4v) is 5.15. The second kappa shape index (κ2) is 7.91. The molecule has 4 N–H and O–H groups in total. The lowest BCUT2D eigenvalue weighted by atomic mass is 9.73. The summed E-state index contributed by atoms with van der Waals surface area (Å²) in [5.41, 5.74) is 6.74. The molecule has 152 valence electrons. The lowest BCUT2D eigenvalue weighted by Crippen LogP contribution is -2.41. The molecule has 0 amide bonds. The highest BCUT2D eigenvalue weighted by atomic mass is 19.4. The van der Waals surface area contributed by atoms with Gasteiger partial charge in [-0.1, -0.05) is 24.3 Å². The molecule has 0 bridgehead atoms. The van der Waals surface area contributed by atoms with Crippen molar-refractivity contribution in [3.8, 4) is 0 Å². The van der Waals surface area contributed by atoms with Crippen molar-refractivity contribution in [2.24, 2.45) is 17.6 Å². The van der Waals surface area contributed by atoms with Gasteiger partial charge in [-0.2, -0.15) is 13.2 Å². The molecule has 0 saturated heterocycles. The average molecular weight is 391 g/mol. The van der Waals surface area contributed by atoms with E-state index >= 15 is 0 Å². The van der Waals surface area contributed by atoms with Crippen LogP contribution in [0.5, 0.6) is 0 Å². The molecule has 1 aromatic rings. The van der Waals surface area contributed by atoms with Gasteiger partial charge in [0.1, 0.15) is 0 Å². The summed E-state index contributed by atoms with van der Waals surface area (Å²) in [7, 11) is 0. The molecule has 0 radical (unpaired) electrons. The largest absolute Gasteiger partial charge is 0.416 e. The van der Waals surface area contributed by atoms with E-state index in [4.69, 9.17) is 5.73 Å². The van der Waals surface area contributed by atoms with Gasteiger partial charge in [0.15, 0.2) is 0 Å². The Labute approximate surface area is 164 Å². The lowest BCUT2D eigenvalue weighted by Gasteiger charge is -2.41. The van der Waals surface area contributed by atoms with E-state index in [2.05, 4.69) is 34.9 Å².